The van der Waals surface area contributed by atoms with E-state index in [2.05, 4.69) is 6.58 Å². The van der Waals surface area contributed by atoms with Crippen molar-refractivity contribution in [2.45, 2.75) is 13.8 Å². The molecular weight excluding hydrogens is 122 g/mol. The van der Waals surface area contributed by atoms with Gasteiger partial charge in [-0.3, -0.25) is 0 Å². The van der Waals surface area contributed by atoms with Crippen molar-refractivity contribution in [2.75, 3.05) is 0 Å². The van der Waals surface area contributed by atoms with E-state index in [1.54, 1.807) is 13.8 Å². The highest BCUT2D eigenvalue weighted by Gasteiger charge is 2.07. The van der Waals surface area contributed by atoms with Gasteiger partial charge in [-0.1, -0.05) is 19.1 Å². The van der Waals surface area contributed by atoms with Crippen LogP contribution < -0.4 is 0 Å². The van der Waals surface area contributed by atoms with E-state index in [1.807, 2.05) is 0 Å². The Balaban J connectivity index is 4.04. The van der Waals surface area contributed by atoms with Gasteiger partial charge in [0.1, 0.15) is 12.2 Å². The SMILES string of the molecule is C=C(C)C(C)/C(F)=C\F. The van der Waals surface area contributed by atoms with Crippen LogP contribution in [0.4, 0.5) is 8.78 Å². The number of hydrogen-bond acceptors (Lipinski definition) is 0. The summed E-state index contributed by atoms with van der Waals surface area (Å²) in [6, 6.07) is 0. The van der Waals surface area contributed by atoms with Crippen molar-refractivity contribution < 1.29 is 8.78 Å². The van der Waals surface area contributed by atoms with Gasteiger partial charge in [-0.15, -0.1) is 0 Å². The number of allylic oxidation sites excluding steroid dienone is 2. The van der Waals surface area contributed by atoms with E-state index in [9.17, 15) is 8.78 Å². The van der Waals surface area contributed by atoms with Crippen LogP contribution in [0.1, 0.15) is 13.8 Å². The second kappa shape index (κ2) is 3.38. The molecule has 0 radical (unpaired) electrons. The lowest BCUT2D eigenvalue weighted by Crippen LogP contribution is -1.94. The molecule has 0 aromatic rings. The van der Waals surface area contributed by atoms with E-state index >= 15 is 0 Å². The molecule has 9 heavy (non-hydrogen) atoms. The molecule has 0 saturated carbocycles. The molecule has 0 nitrogen and oxygen atoms in total. The monoisotopic (exact) mass is 132 g/mol. The van der Waals surface area contributed by atoms with Gasteiger partial charge in [0, 0.05) is 5.92 Å². The number of halogens is 2. The summed E-state index contributed by atoms with van der Waals surface area (Å²) < 4.78 is 23.6. The van der Waals surface area contributed by atoms with Crippen LogP contribution in [0.3, 0.4) is 0 Å². The van der Waals surface area contributed by atoms with E-state index in [0.717, 1.165) is 0 Å². The van der Waals surface area contributed by atoms with Crippen LogP contribution in [0.25, 0.3) is 0 Å². The maximum absolute atomic E-state index is 12.2. The van der Waals surface area contributed by atoms with Crippen molar-refractivity contribution in [3.05, 3.63) is 24.3 Å². The minimum Gasteiger partial charge on any atom is -0.213 e. The average Bonchev–Trinajstić information content (AvgIpc) is 1.84. The fourth-order valence-corrected chi connectivity index (χ4v) is 0.330. The average molecular weight is 132 g/mol. The third-order valence-corrected chi connectivity index (χ3v) is 1.26. The van der Waals surface area contributed by atoms with Gasteiger partial charge in [-0.25, -0.2) is 8.78 Å². The Bertz CT molecular complexity index is 136. The molecule has 1 unspecified atom stereocenters. The smallest absolute Gasteiger partial charge is 0.135 e. The highest BCUT2D eigenvalue weighted by Crippen LogP contribution is 2.18. The van der Waals surface area contributed by atoms with Gasteiger partial charge in [0.2, 0.25) is 0 Å². The summed E-state index contributed by atoms with van der Waals surface area (Å²) in [7, 11) is 0. The van der Waals surface area contributed by atoms with Gasteiger partial charge in [0.15, 0.2) is 0 Å². The molecule has 0 aromatic carbocycles. The minimum atomic E-state index is -0.762. The summed E-state index contributed by atoms with van der Waals surface area (Å²) in [6.07, 6.45) is -0.0284. The fourth-order valence-electron chi connectivity index (χ4n) is 0.330. The zero-order valence-electron chi connectivity index (χ0n) is 5.62. The molecule has 0 saturated heterocycles. The Morgan fingerprint density at radius 3 is 2.22 bits per heavy atom. The van der Waals surface area contributed by atoms with E-state index < -0.39 is 11.7 Å². The van der Waals surface area contributed by atoms with E-state index in [4.69, 9.17) is 0 Å². The first kappa shape index (κ1) is 8.34. The van der Waals surface area contributed by atoms with Crippen LogP contribution in [-0.4, -0.2) is 0 Å². The summed E-state index contributed by atoms with van der Waals surface area (Å²) in [5.41, 5.74) is 0.626. The summed E-state index contributed by atoms with van der Waals surface area (Å²) >= 11 is 0. The molecule has 0 fully saturated rings. The molecule has 52 valence electrons. The quantitative estimate of drug-likeness (QED) is 0.506. The third kappa shape index (κ3) is 2.40. The zero-order chi connectivity index (χ0) is 7.44. The normalized spacial score (nSPS) is 15.3. The Kier molecular flexibility index (Phi) is 3.13. The molecule has 0 aliphatic heterocycles. The van der Waals surface area contributed by atoms with Crippen LogP contribution in [0, 0.1) is 5.92 Å². The molecule has 0 N–H and O–H groups in total. The summed E-state index contributed by atoms with van der Waals surface area (Å²) in [4.78, 5) is 0. The predicted octanol–water partition coefficient (Wildman–Crippen LogP) is 2.98. The molecule has 0 aliphatic rings. The molecule has 2 heteroatoms. The molecule has 0 spiro atoms. The highest BCUT2D eigenvalue weighted by atomic mass is 19.2. The maximum atomic E-state index is 12.2. The van der Waals surface area contributed by atoms with Crippen molar-refractivity contribution >= 4 is 0 Å². The Hall–Kier alpha value is -0.660. The van der Waals surface area contributed by atoms with Crippen molar-refractivity contribution in [3.8, 4) is 0 Å². The molecule has 0 aliphatic carbocycles. The zero-order valence-corrected chi connectivity index (χ0v) is 5.62. The Labute approximate surface area is 53.9 Å². The molecule has 0 aromatic heterocycles. The predicted molar refractivity (Wildman–Crippen MR) is 34.3 cm³/mol. The van der Waals surface area contributed by atoms with Crippen molar-refractivity contribution in [1.29, 1.82) is 0 Å². The molecule has 0 rings (SSSR count). The minimum absolute atomic E-state index is 0.0284. The van der Waals surface area contributed by atoms with Gasteiger partial charge in [-0.2, -0.15) is 0 Å². The highest BCUT2D eigenvalue weighted by molar-refractivity contribution is 5.08. The van der Waals surface area contributed by atoms with Crippen LogP contribution in [0.2, 0.25) is 0 Å². The summed E-state index contributed by atoms with van der Waals surface area (Å²) in [5, 5.41) is 0. The largest absolute Gasteiger partial charge is 0.213 e. The summed E-state index contributed by atoms with van der Waals surface area (Å²) in [6.45, 7) is 6.70. The standard InChI is InChI=1S/C7H10F2/c1-5(2)6(3)7(9)4-8/h4,6H,1H2,2-3H3/b7-4+. The summed E-state index contributed by atoms with van der Waals surface area (Å²) in [5.74, 6) is -1.25. The molecule has 0 heterocycles. The van der Waals surface area contributed by atoms with Crippen LogP contribution >= 0.6 is 0 Å². The van der Waals surface area contributed by atoms with E-state index in [0.29, 0.717) is 5.57 Å². The van der Waals surface area contributed by atoms with Gasteiger partial charge in [0.25, 0.3) is 0 Å². The van der Waals surface area contributed by atoms with E-state index in [1.165, 1.54) is 0 Å². The van der Waals surface area contributed by atoms with Gasteiger partial charge in [-0.05, 0) is 6.92 Å². The third-order valence-electron chi connectivity index (χ3n) is 1.26. The van der Waals surface area contributed by atoms with Gasteiger partial charge < -0.3 is 0 Å². The van der Waals surface area contributed by atoms with Crippen LogP contribution in [0.15, 0.2) is 24.3 Å². The number of rotatable bonds is 2. The fraction of sp³-hybridized carbons (Fsp3) is 0.429. The second-order valence-electron chi connectivity index (χ2n) is 2.06. The Morgan fingerprint density at radius 2 is 2.11 bits per heavy atom. The van der Waals surface area contributed by atoms with Crippen LogP contribution in [-0.2, 0) is 0 Å². The first-order chi connectivity index (χ1) is 4.09. The first-order valence-electron chi connectivity index (χ1n) is 2.70. The molecule has 1 atom stereocenters. The topological polar surface area (TPSA) is 0 Å². The van der Waals surface area contributed by atoms with E-state index in [-0.39, 0.29) is 6.33 Å². The van der Waals surface area contributed by atoms with Crippen molar-refractivity contribution in [3.63, 3.8) is 0 Å². The van der Waals surface area contributed by atoms with Crippen LogP contribution in [0.5, 0.6) is 0 Å². The lowest BCUT2D eigenvalue weighted by atomic mass is 10.0. The molecule has 0 bridgehead atoms. The second-order valence-corrected chi connectivity index (χ2v) is 2.06. The maximum Gasteiger partial charge on any atom is 0.135 e. The first-order valence-corrected chi connectivity index (χ1v) is 2.70. The lowest BCUT2D eigenvalue weighted by molar-refractivity contribution is 0.502. The van der Waals surface area contributed by atoms with Crippen molar-refractivity contribution in [2.24, 2.45) is 5.92 Å². The van der Waals surface area contributed by atoms with Gasteiger partial charge in [0.05, 0.1) is 0 Å². The Morgan fingerprint density at radius 1 is 1.67 bits per heavy atom. The molecular formula is C7H10F2. The number of hydrogen-bond donors (Lipinski definition) is 0. The molecule has 0 amide bonds. The van der Waals surface area contributed by atoms with Crippen molar-refractivity contribution in [1.82, 2.24) is 0 Å². The lowest BCUT2D eigenvalue weighted by Gasteiger charge is -2.04. The van der Waals surface area contributed by atoms with Gasteiger partial charge >= 0.3 is 0 Å².